The fourth-order valence-corrected chi connectivity index (χ4v) is 2.36. The van der Waals surface area contributed by atoms with Gasteiger partial charge in [0, 0.05) is 4.47 Å². The fraction of sp³-hybridized carbons (Fsp3) is 0.0714. The molecule has 2 N–H and O–H groups in total. The number of aryl methyl sites for hydroxylation is 1. The van der Waals surface area contributed by atoms with Gasteiger partial charge in [-0.25, -0.2) is 4.98 Å². The Kier molecular flexibility index (Phi) is 2.59. The van der Waals surface area contributed by atoms with E-state index >= 15 is 0 Å². The first-order chi connectivity index (χ1) is 8.65. The first-order valence-corrected chi connectivity index (χ1v) is 6.38. The Morgan fingerprint density at radius 3 is 2.83 bits per heavy atom. The number of aromatic hydroxyl groups is 1. The third kappa shape index (κ3) is 1.78. The van der Waals surface area contributed by atoms with Crippen LogP contribution >= 0.6 is 15.9 Å². The van der Waals surface area contributed by atoms with Crippen LogP contribution in [0.4, 0.5) is 0 Å². The van der Waals surface area contributed by atoms with E-state index in [1.807, 2.05) is 31.2 Å². The third-order valence-electron chi connectivity index (χ3n) is 2.93. The summed E-state index contributed by atoms with van der Waals surface area (Å²) in [5.41, 5.74) is 3.72. The predicted molar refractivity (Wildman–Crippen MR) is 75.6 cm³/mol. The van der Waals surface area contributed by atoms with E-state index < -0.39 is 0 Å². The summed E-state index contributed by atoms with van der Waals surface area (Å²) in [6.45, 7) is 2.02. The second-order valence-corrected chi connectivity index (χ2v) is 5.13. The number of aromatic amines is 1. The molecule has 0 spiro atoms. The van der Waals surface area contributed by atoms with Crippen molar-refractivity contribution in [2.45, 2.75) is 6.92 Å². The molecule has 0 atom stereocenters. The van der Waals surface area contributed by atoms with Gasteiger partial charge < -0.3 is 10.1 Å². The van der Waals surface area contributed by atoms with E-state index in [-0.39, 0.29) is 5.75 Å². The molecule has 1 heterocycles. The number of fused-ring (bicyclic) bond motifs is 1. The Bertz CT molecular complexity index is 734. The van der Waals surface area contributed by atoms with Gasteiger partial charge in [0.25, 0.3) is 0 Å². The van der Waals surface area contributed by atoms with Gasteiger partial charge in [-0.15, -0.1) is 0 Å². The number of nitrogens with zero attached hydrogens (tertiary/aromatic N) is 1. The monoisotopic (exact) mass is 302 g/mol. The molecule has 0 saturated carbocycles. The van der Waals surface area contributed by atoms with Gasteiger partial charge in [0.05, 0.1) is 16.6 Å². The quantitative estimate of drug-likeness (QED) is 0.713. The van der Waals surface area contributed by atoms with Crippen molar-refractivity contribution in [3.63, 3.8) is 0 Å². The summed E-state index contributed by atoms with van der Waals surface area (Å²) in [4.78, 5) is 7.78. The highest BCUT2D eigenvalue weighted by atomic mass is 79.9. The fourth-order valence-electron chi connectivity index (χ4n) is 2.00. The Balaban J connectivity index is 2.26. The molecule has 0 aliphatic rings. The normalized spacial score (nSPS) is 11.0. The first-order valence-electron chi connectivity index (χ1n) is 5.59. The summed E-state index contributed by atoms with van der Waals surface area (Å²) in [6, 6.07) is 11.3. The van der Waals surface area contributed by atoms with Crippen molar-refractivity contribution in [1.29, 1.82) is 0 Å². The number of rotatable bonds is 1. The van der Waals surface area contributed by atoms with Gasteiger partial charge in [0.1, 0.15) is 11.6 Å². The van der Waals surface area contributed by atoms with E-state index in [0.717, 1.165) is 21.1 Å². The molecule has 90 valence electrons. The van der Waals surface area contributed by atoms with Crippen LogP contribution in [0, 0.1) is 6.92 Å². The topological polar surface area (TPSA) is 48.9 Å². The standard InChI is InChI=1S/C14H11BrN2O/c1-8-3-2-4-11-13(8)17-14(16-11)10-7-9(15)5-6-12(10)18/h2-7,18H,1H3,(H,16,17). The number of nitrogens with one attached hydrogen (secondary N) is 1. The molecule has 0 bridgehead atoms. The van der Waals surface area contributed by atoms with Crippen LogP contribution in [0.25, 0.3) is 22.4 Å². The van der Waals surface area contributed by atoms with Crippen LogP contribution in [0.3, 0.4) is 0 Å². The van der Waals surface area contributed by atoms with Gasteiger partial charge in [-0.2, -0.15) is 0 Å². The van der Waals surface area contributed by atoms with Crippen LogP contribution in [0.1, 0.15) is 5.56 Å². The zero-order valence-electron chi connectivity index (χ0n) is 9.74. The molecule has 0 aliphatic carbocycles. The van der Waals surface area contributed by atoms with Crippen molar-refractivity contribution in [3.8, 4) is 17.1 Å². The van der Waals surface area contributed by atoms with Crippen LogP contribution < -0.4 is 0 Å². The van der Waals surface area contributed by atoms with Gasteiger partial charge in [-0.05, 0) is 36.8 Å². The molecule has 0 amide bonds. The highest BCUT2D eigenvalue weighted by Gasteiger charge is 2.10. The lowest BCUT2D eigenvalue weighted by atomic mass is 10.2. The largest absolute Gasteiger partial charge is 0.507 e. The van der Waals surface area contributed by atoms with E-state index in [1.165, 1.54) is 0 Å². The van der Waals surface area contributed by atoms with Gasteiger partial charge >= 0.3 is 0 Å². The molecule has 0 fully saturated rings. The third-order valence-corrected chi connectivity index (χ3v) is 3.42. The summed E-state index contributed by atoms with van der Waals surface area (Å²) < 4.78 is 0.910. The molecule has 2 aromatic carbocycles. The lowest BCUT2D eigenvalue weighted by molar-refractivity contribution is 0.477. The maximum absolute atomic E-state index is 9.90. The Morgan fingerprint density at radius 1 is 1.22 bits per heavy atom. The molecule has 0 radical (unpaired) electrons. The van der Waals surface area contributed by atoms with Crippen molar-refractivity contribution in [3.05, 3.63) is 46.4 Å². The maximum Gasteiger partial charge on any atom is 0.142 e. The van der Waals surface area contributed by atoms with Crippen LogP contribution in [-0.4, -0.2) is 15.1 Å². The number of aromatic nitrogens is 2. The van der Waals surface area contributed by atoms with E-state index in [2.05, 4.69) is 25.9 Å². The van der Waals surface area contributed by atoms with Crippen LogP contribution in [0.2, 0.25) is 0 Å². The highest BCUT2D eigenvalue weighted by Crippen LogP contribution is 2.31. The molecule has 0 aliphatic heterocycles. The number of hydrogen-bond donors (Lipinski definition) is 2. The number of phenols is 1. The summed E-state index contributed by atoms with van der Waals surface area (Å²) in [6.07, 6.45) is 0. The SMILES string of the molecule is Cc1cccc2[nH]c(-c3cc(Br)ccc3O)nc12. The average Bonchev–Trinajstić information content (AvgIpc) is 2.77. The van der Waals surface area contributed by atoms with Crippen LogP contribution in [0.5, 0.6) is 5.75 Å². The number of hydrogen-bond acceptors (Lipinski definition) is 2. The van der Waals surface area contributed by atoms with Crippen molar-refractivity contribution >= 4 is 27.0 Å². The number of halogens is 1. The molecule has 4 heteroatoms. The molecule has 1 aromatic heterocycles. The second kappa shape index (κ2) is 4.14. The average molecular weight is 303 g/mol. The Morgan fingerprint density at radius 2 is 2.06 bits per heavy atom. The number of phenolic OH excluding ortho intramolecular Hbond substituents is 1. The van der Waals surface area contributed by atoms with Crippen molar-refractivity contribution < 1.29 is 5.11 Å². The van der Waals surface area contributed by atoms with E-state index in [4.69, 9.17) is 0 Å². The van der Waals surface area contributed by atoms with E-state index in [9.17, 15) is 5.11 Å². The molecular formula is C14H11BrN2O. The minimum Gasteiger partial charge on any atom is -0.507 e. The first kappa shape index (κ1) is 11.3. The molecule has 3 rings (SSSR count). The van der Waals surface area contributed by atoms with Crippen LogP contribution in [0.15, 0.2) is 40.9 Å². The van der Waals surface area contributed by atoms with Crippen molar-refractivity contribution in [1.82, 2.24) is 9.97 Å². The lowest BCUT2D eigenvalue weighted by Crippen LogP contribution is -1.82. The Labute approximate surface area is 113 Å². The smallest absolute Gasteiger partial charge is 0.142 e. The summed E-state index contributed by atoms with van der Waals surface area (Å²) in [5, 5.41) is 9.90. The molecule has 3 nitrogen and oxygen atoms in total. The number of benzene rings is 2. The maximum atomic E-state index is 9.90. The molecule has 0 unspecified atom stereocenters. The van der Waals surface area contributed by atoms with Crippen LogP contribution in [-0.2, 0) is 0 Å². The second-order valence-electron chi connectivity index (χ2n) is 4.22. The van der Waals surface area contributed by atoms with E-state index in [1.54, 1.807) is 12.1 Å². The zero-order chi connectivity index (χ0) is 12.7. The van der Waals surface area contributed by atoms with Gasteiger partial charge in [-0.1, -0.05) is 28.1 Å². The van der Waals surface area contributed by atoms with Gasteiger partial charge in [-0.3, -0.25) is 0 Å². The molecule has 0 saturated heterocycles. The molecular weight excluding hydrogens is 292 g/mol. The van der Waals surface area contributed by atoms with E-state index in [0.29, 0.717) is 11.4 Å². The highest BCUT2D eigenvalue weighted by molar-refractivity contribution is 9.10. The minimum atomic E-state index is 0.218. The molecule has 3 aromatic rings. The number of imidazole rings is 1. The van der Waals surface area contributed by atoms with Crippen molar-refractivity contribution in [2.24, 2.45) is 0 Å². The summed E-state index contributed by atoms with van der Waals surface area (Å²) >= 11 is 3.40. The molecule has 18 heavy (non-hydrogen) atoms. The van der Waals surface area contributed by atoms with Gasteiger partial charge in [0.15, 0.2) is 0 Å². The summed E-state index contributed by atoms with van der Waals surface area (Å²) in [7, 11) is 0. The number of H-pyrrole nitrogens is 1. The minimum absolute atomic E-state index is 0.218. The van der Waals surface area contributed by atoms with Gasteiger partial charge in [0.2, 0.25) is 0 Å². The Hall–Kier alpha value is -1.81. The number of para-hydroxylation sites is 1. The van der Waals surface area contributed by atoms with Crippen molar-refractivity contribution in [2.75, 3.05) is 0 Å². The zero-order valence-corrected chi connectivity index (χ0v) is 11.3. The lowest BCUT2D eigenvalue weighted by Gasteiger charge is -2.01. The predicted octanol–water partition coefficient (Wildman–Crippen LogP) is 4.01. The summed E-state index contributed by atoms with van der Waals surface area (Å²) in [5.74, 6) is 0.896.